The number of carbonyl (C=O) groups is 2. The Bertz CT molecular complexity index is 300. The third kappa shape index (κ3) is 1.81. The van der Waals surface area contributed by atoms with Crippen molar-refractivity contribution in [3.05, 3.63) is 0 Å². The van der Waals surface area contributed by atoms with Crippen LogP contribution in [-0.2, 0) is 9.59 Å². The van der Waals surface area contributed by atoms with E-state index < -0.39 is 5.54 Å². The second kappa shape index (κ2) is 4.65. The maximum atomic E-state index is 12.0. The van der Waals surface area contributed by atoms with Crippen molar-refractivity contribution >= 4 is 23.6 Å². The quantitative estimate of drug-likeness (QED) is 0.789. The van der Waals surface area contributed by atoms with Crippen molar-refractivity contribution in [3.63, 3.8) is 0 Å². The molecule has 0 aromatic heterocycles. The van der Waals surface area contributed by atoms with Gasteiger partial charge in [0.2, 0.25) is 11.8 Å². The Morgan fingerprint density at radius 3 is 2.69 bits per heavy atom. The van der Waals surface area contributed by atoms with Crippen LogP contribution in [0.4, 0.5) is 0 Å². The Kier molecular flexibility index (Phi) is 3.42. The number of hydrogen-bond donors (Lipinski definition) is 1. The second-order valence-electron chi connectivity index (χ2n) is 4.46. The van der Waals surface area contributed by atoms with Crippen LogP contribution in [0.2, 0.25) is 0 Å². The highest BCUT2D eigenvalue weighted by molar-refractivity contribution is 7.98. The van der Waals surface area contributed by atoms with Gasteiger partial charge in [-0.25, -0.2) is 0 Å². The molecule has 1 aliphatic heterocycles. The number of thioether (sulfide) groups is 1. The molecule has 0 aromatic carbocycles. The zero-order valence-electron chi connectivity index (χ0n) is 9.62. The van der Waals surface area contributed by atoms with E-state index in [0.29, 0.717) is 6.54 Å². The summed E-state index contributed by atoms with van der Waals surface area (Å²) in [7, 11) is 0. The standard InChI is InChI=1S/C11H18N2O2S/c1-16-7-6-13-9(14)8-12-10(15)11(13)4-2-3-5-11/h2-8H2,1H3,(H,12,15). The van der Waals surface area contributed by atoms with E-state index in [4.69, 9.17) is 0 Å². The first-order chi connectivity index (χ1) is 7.70. The molecule has 2 rings (SSSR count). The summed E-state index contributed by atoms with van der Waals surface area (Å²) in [6, 6.07) is 0. The lowest BCUT2D eigenvalue weighted by Gasteiger charge is -2.43. The van der Waals surface area contributed by atoms with E-state index in [0.717, 1.165) is 31.4 Å². The van der Waals surface area contributed by atoms with Crippen molar-refractivity contribution in [2.24, 2.45) is 0 Å². The molecule has 0 aromatic rings. The lowest BCUT2D eigenvalue weighted by molar-refractivity contribution is -0.153. The third-order valence-electron chi connectivity index (χ3n) is 3.59. The molecular formula is C11H18N2O2S. The Morgan fingerprint density at radius 1 is 1.38 bits per heavy atom. The molecule has 5 heteroatoms. The molecule has 0 unspecified atom stereocenters. The molecule has 90 valence electrons. The van der Waals surface area contributed by atoms with Crippen LogP contribution in [0, 0.1) is 0 Å². The number of amides is 2. The van der Waals surface area contributed by atoms with Crippen LogP contribution in [0.15, 0.2) is 0 Å². The van der Waals surface area contributed by atoms with Crippen molar-refractivity contribution < 1.29 is 9.59 Å². The van der Waals surface area contributed by atoms with Gasteiger partial charge in [0, 0.05) is 12.3 Å². The molecule has 4 nitrogen and oxygen atoms in total. The lowest BCUT2D eigenvalue weighted by Crippen LogP contribution is -2.66. The molecular weight excluding hydrogens is 224 g/mol. The van der Waals surface area contributed by atoms with Gasteiger partial charge in [-0.2, -0.15) is 11.8 Å². The number of nitrogens with one attached hydrogen (secondary N) is 1. The van der Waals surface area contributed by atoms with E-state index in [9.17, 15) is 9.59 Å². The van der Waals surface area contributed by atoms with Gasteiger partial charge in [0.1, 0.15) is 5.54 Å². The van der Waals surface area contributed by atoms with Crippen molar-refractivity contribution in [2.75, 3.05) is 25.1 Å². The van der Waals surface area contributed by atoms with E-state index in [1.54, 1.807) is 11.8 Å². The van der Waals surface area contributed by atoms with E-state index in [1.807, 2.05) is 11.2 Å². The van der Waals surface area contributed by atoms with Crippen molar-refractivity contribution in [3.8, 4) is 0 Å². The Labute approximate surface area is 100 Å². The van der Waals surface area contributed by atoms with Crippen molar-refractivity contribution in [1.29, 1.82) is 0 Å². The van der Waals surface area contributed by atoms with Gasteiger partial charge in [0.15, 0.2) is 0 Å². The first-order valence-corrected chi connectivity index (χ1v) is 7.18. The third-order valence-corrected chi connectivity index (χ3v) is 4.18. The minimum absolute atomic E-state index is 0.0608. The number of piperazine rings is 1. The van der Waals surface area contributed by atoms with Gasteiger partial charge in [-0.1, -0.05) is 12.8 Å². The van der Waals surface area contributed by atoms with Crippen molar-refractivity contribution in [2.45, 2.75) is 31.2 Å². The predicted molar refractivity (Wildman–Crippen MR) is 64.3 cm³/mol. The predicted octanol–water partition coefficient (Wildman–Crippen LogP) is 0.621. The van der Waals surface area contributed by atoms with E-state index in [1.165, 1.54) is 0 Å². The summed E-state index contributed by atoms with van der Waals surface area (Å²) in [4.78, 5) is 25.8. The van der Waals surface area contributed by atoms with E-state index in [2.05, 4.69) is 5.32 Å². The SMILES string of the molecule is CSCCN1C(=O)CNC(=O)C12CCCC2. The second-order valence-corrected chi connectivity index (χ2v) is 5.45. The highest BCUT2D eigenvalue weighted by Gasteiger charge is 2.50. The van der Waals surface area contributed by atoms with Crippen LogP contribution in [0.3, 0.4) is 0 Å². The summed E-state index contributed by atoms with van der Waals surface area (Å²) in [6.45, 7) is 0.877. The average molecular weight is 242 g/mol. The van der Waals surface area contributed by atoms with Crippen LogP contribution in [0.1, 0.15) is 25.7 Å². The van der Waals surface area contributed by atoms with Crippen LogP contribution in [-0.4, -0.2) is 47.4 Å². The fraction of sp³-hybridized carbons (Fsp3) is 0.818. The zero-order valence-corrected chi connectivity index (χ0v) is 10.4. The fourth-order valence-electron chi connectivity index (χ4n) is 2.76. The Morgan fingerprint density at radius 2 is 2.06 bits per heavy atom. The summed E-state index contributed by atoms with van der Waals surface area (Å²) in [5.74, 6) is 1.04. The fourth-order valence-corrected chi connectivity index (χ4v) is 3.12. The molecule has 1 saturated heterocycles. The number of carbonyl (C=O) groups excluding carboxylic acids is 2. The summed E-state index contributed by atoms with van der Waals surface area (Å²) >= 11 is 1.72. The van der Waals surface area contributed by atoms with E-state index >= 15 is 0 Å². The molecule has 0 atom stereocenters. The smallest absolute Gasteiger partial charge is 0.246 e. The Hall–Kier alpha value is -0.710. The van der Waals surface area contributed by atoms with Gasteiger partial charge >= 0.3 is 0 Å². The summed E-state index contributed by atoms with van der Waals surface area (Å²) in [5, 5.41) is 2.73. The Balaban J connectivity index is 2.19. The molecule has 2 amide bonds. The number of rotatable bonds is 3. The van der Waals surface area contributed by atoms with Gasteiger partial charge in [-0.05, 0) is 19.1 Å². The van der Waals surface area contributed by atoms with E-state index in [-0.39, 0.29) is 18.4 Å². The summed E-state index contributed by atoms with van der Waals surface area (Å²) < 4.78 is 0. The first-order valence-electron chi connectivity index (χ1n) is 5.78. The molecule has 0 radical (unpaired) electrons. The molecule has 16 heavy (non-hydrogen) atoms. The topological polar surface area (TPSA) is 49.4 Å². The van der Waals surface area contributed by atoms with Gasteiger partial charge in [0.25, 0.3) is 0 Å². The van der Waals surface area contributed by atoms with Gasteiger partial charge in [0.05, 0.1) is 6.54 Å². The number of nitrogens with zero attached hydrogens (tertiary/aromatic N) is 1. The molecule has 2 fully saturated rings. The minimum Gasteiger partial charge on any atom is -0.345 e. The first kappa shape index (κ1) is 11.8. The average Bonchev–Trinajstić information content (AvgIpc) is 2.75. The monoisotopic (exact) mass is 242 g/mol. The van der Waals surface area contributed by atoms with Gasteiger partial charge in [-0.15, -0.1) is 0 Å². The number of hydrogen-bond acceptors (Lipinski definition) is 3. The maximum absolute atomic E-state index is 12.0. The zero-order chi connectivity index (χ0) is 11.6. The largest absolute Gasteiger partial charge is 0.345 e. The molecule has 2 aliphatic rings. The molecule has 1 N–H and O–H groups in total. The van der Waals surface area contributed by atoms with Crippen LogP contribution >= 0.6 is 11.8 Å². The molecule has 1 aliphatic carbocycles. The lowest BCUT2D eigenvalue weighted by atomic mass is 9.91. The summed E-state index contributed by atoms with van der Waals surface area (Å²) in [6.07, 6.45) is 5.79. The summed E-state index contributed by atoms with van der Waals surface area (Å²) in [5.41, 5.74) is -0.509. The molecule has 1 heterocycles. The highest BCUT2D eigenvalue weighted by Crippen LogP contribution is 2.37. The molecule has 0 bridgehead atoms. The minimum atomic E-state index is -0.509. The highest BCUT2D eigenvalue weighted by atomic mass is 32.2. The van der Waals surface area contributed by atoms with Gasteiger partial charge < -0.3 is 10.2 Å². The maximum Gasteiger partial charge on any atom is 0.246 e. The van der Waals surface area contributed by atoms with Crippen LogP contribution in [0.25, 0.3) is 0 Å². The normalized spacial score (nSPS) is 23.9. The van der Waals surface area contributed by atoms with Crippen LogP contribution < -0.4 is 5.32 Å². The molecule has 1 saturated carbocycles. The van der Waals surface area contributed by atoms with Gasteiger partial charge in [-0.3, -0.25) is 9.59 Å². The van der Waals surface area contributed by atoms with Crippen LogP contribution in [0.5, 0.6) is 0 Å². The van der Waals surface area contributed by atoms with Crippen molar-refractivity contribution in [1.82, 2.24) is 10.2 Å². The molecule has 1 spiro atoms.